The summed E-state index contributed by atoms with van der Waals surface area (Å²) in [6, 6.07) is 8.19. The molecular formula is C17H24N2O3. The summed E-state index contributed by atoms with van der Waals surface area (Å²) in [7, 11) is 1.64. The van der Waals surface area contributed by atoms with E-state index in [0.29, 0.717) is 6.04 Å². The Hall–Kier alpha value is -1.75. The highest BCUT2D eigenvalue weighted by Gasteiger charge is 2.48. The third-order valence-electron chi connectivity index (χ3n) is 5.09. The minimum Gasteiger partial charge on any atom is -0.497 e. The van der Waals surface area contributed by atoms with Crippen LogP contribution in [0.1, 0.15) is 37.8 Å². The standard InChI is InChI=1S/C17H24N2O3/c1-11(12-3-6-15(22-2)7-4-12)18-17(21)19-14-5-8-16(19)13(9-14)10-20/h3-4,6-7,11,13-14,16,20H,5,8-10H2,1-2H3,(H,18,21). The highest BCUT2D eigenvalue weighted by atomic mass is 16.5. The number of methoxy groups -OCH3 is 1. The Balaban J connectivity index is 1.64. The molecule has 4 atom stereocenters. The number of hydrogen-bond acceptors (Lipinski definition) is 3. The van der Waals surface area contributed by atoms with Crippen LogP contribution in [0, 0.1) is 5.92 Å². The molecule has 5 heteroatoms. The van der Waals surface area contributed by atoms with Crippen LogP contribution in [0.2, 0.25) is 0 Å². The van der Waals surface area contributed by atoms with Crippen molar-refractivity contribution in [1.82, 2.24) is 10.2 Å². The van der Waals surface area contributed by atoms with E-state index in [1.807, 2.05) is 36.1 Å². The van der Waals surface area contributed by atoms with E-state index < -0.39 is 0 Å². The van der Waals surface area contributed by atoms with Crippen molar-refractivity contribution in [3.8, 4) is 5.75 Å². The molecule has 5 nitrogen and oxygen atoms in total. The average Bonchev–Trinajstić information content (AvgIpc) is 3.12. The number of carbonyl (C=O) groups is 1. The summed E-state index contributed by atoms with van der Waals surface area (Å²) < 4.78 is 5.15. The summed E-state index contributed by atoms with van der Waals surface area (Å²) in [5.74, 6) is 1.06. The summed E-state index contributed by atoms with van der Waals surface area (Å²) in [5, 5.41) is 12.5. The number of rotatable bonds is 4. The highest BCUT2D eigenvalue weighted by Crippen LogP contribution is 2.41. The third kappa shape index (κ3) is 2.65. The van der Waals surface area contributed by atoms with Crippen LogP contribution in [-0.2, 0) is 0 Å². The Labute approximate surface area is 131 Å². The molecule has 2 heterocycles. The molecule has 1 aromatic carbocycles. The molecule has 2 bridgehead atoms. The molecule has 3 rings (SSSR count). The van der Waals surface area contributed by atoms with Crippen LogP contribution in [0.5, 0.6) is 5.75 Å². The van der Waals surface area contributed by atoms with E-state index in [4.69, 9.17) is 4.74 Å². The number of benzene rings is 1. The van der Waals surface area contributed by atoms with Crippen molar-refractivity contribution in [1.29, 1.82) is 0 Å². The van der Waals surface area contributed by atoms with Crippen molar-refractivity contribution in [3.63, 3.8) is 0 Å². The van der Waals surface area contributed by atoms with Gasteiger partial charge in [0.15, 0.2) is 0 Å². The molecular weight excluding hydrogens is 280 g/mol. The first-order valence-corrected chi connectivity index (χ1v) is 7.97. The van der Waals surface area contributed by atoms with Gasteiger partial charge in [0.2, 0.25) is 0 Å². The number of aliphatic hydroxyl groups is 1. The molecule has 2 N–H and O–H groups in total. The van der Waals surface area contributed by atoms with Gasteiger partial charge in [-0.1, -0.05) is 12.1 Å². The van der Waals surface area contributed by atoms with Gasteiger partial charge in [-0.3, -0.25) is 0 Å². The molecule has 1 aromatic rings. The van der Waals surface area contributed by atoms with E-state index in [0.717, 1.165) is 30.6 Å². The SMILES string of the molecule is COc1ccc(C(C)NC(=O)N2C3CCC2C(CO)C3)cc1. The van der Waals surface area contributed by atoms with Crippen molar-refractivity contribution in [2.24, 2.45) is 5.92 Å². The number of nitrogens with zero attached hydrogens (tertiary/aromatic N) is 1. The van der Waals surface area contributed by atoms with Crippen LogP contribution in [0.25, 0.3) is 0 Å². The molecule has 2 aliphatic heterocycles. The van der Waals surface area contributed by atoms with Crippen LogP contribution >= 0.6 is 0 Å². The van der Waals surface area contributed by atoms with Gasteiger partial charge in [0.1, 0.15) is 5.75 Å². The molecule has 2 amide bonds. The van der Waals surface area contributed by atoms with E-state index in [1.165, 1.54) is 0 Å². The average molecular weight is 304 g/mol. The highest BCUT2D eigenvalue weighted by molar-refractivity contribution is 5.76. The maximum Gasteiger partial charge on any atom is 0.318 e. The normalized spacial score (nSPS) is 27.8. The largest absolute Gasteiger partial charge is 0.497 e. The fourth-order valence-electron chi connectivity index (χ4n) is 3.86. The monoisotopic (exact) mass is 304 g/mol. The first-order valence-electron chi connectivity index (χ1n) is 7.97. The van der Waals surface area contributed by atoms with Gasteiger partial charge >= 0.3 is 6.03 Å². The van der Waals surface area contributed by atoms with E-state index >= 15 is 0 Å². The van der Waals surface area contributed by atoms with Gasteiger partial charge in [0.05, 0.1) is 13.2 Å². The Morgan fingerprint density at radius 1 is 1.41 bits per heavy atom. The molecule has 2 fully saturated rings. The first kappa shape index (κ1) is 15.2. The lowest BCUT2D eigenvalue weighted by atomic mass is 9.90. The van der Waals surface area contributed by atoms with Gasteiger partial charge in [-0.05, 0) is 43.9 Å². The fraction of sp³-hybridized carbons (Fsp3) is 0.588. The number of nitrogens with one attached hydrogen (secondary N) is 1. The van der Waals surface area contributed by atoms with Gasteiger partial charge < -0.3 is 20.1 Å². The zero-order valence-electron chi connectivity index (χ0n) is 13.2. The smallest absolute Gasteiger partial charge is 0.318 e. The second-order valence-electron chi connectivity index (χ2n) is 6.33. The van der Waals surface area contributed by atoms with Crippen LogP contribution in [0.4, 0.5) is 4.79 Å². The number of urea groups is 1. The summed E-state index contributed by atoms with van der Waals surface area (Å²) in [4.78, 5) is 14.5. The number of fused-ring (bicyclic) bond motifs is 2. The van der Waals surface area contributed by atoms with Crippen molar-refractivity contribution in [3.05, 3.63) is 29.8 Å². The van der Waals surface area contributed by atoms with Crippen LogP contribution in [-0.4, -0.2) is 41.8 Å². The maximum atomic E-state index is 12.6. The van der Waals surface area contributed by atoms with Crippen LogP contribution < -0.4 is 10.1 Å². The van der Waals surface area contributed by atoms with E-state index in [2.05, 4.69) is 5.32 Å². The first-order chi connectivity index (χ1) is 10.6. The molecule has 0 spiro atoms. The number of amides is 2. The van der Waals surface area contributed by atoms with E-state index in [1.54, 1.807) is 7.11 Å². The zero-order valence-corrected chi connectivity index (χ0v) is 13.2. The number of hydrogen-bond donors (Lipinski definition) is 2. The lowest BCUT2D eigenvalue weighted by Gasteiger charge is -2.26. The Morgan fingerprint density at radius 2 is 2.14 bits per heavy atom. The third-order valence-corrected chi connectivity index (χ3v) is 5.09. The maximum absolute atomic E-state index is 12.6. The quantitative estimate of drug-likeness (QED) is 0.897. The second-order valence-corrected chi connectivity index (χ2v) is 6.33. The van der Waals surface area contributed by atoms with Crippen molar-refractivity contribution < 1.29 is 14.6 Å². The van der Waals surface area contributed by atoms with Gasteiger partial charge in [0.25, 0.3) is 0 Å². The Bertz CT molecular complexity index is 531. The summed E-state index contributed by atoms with van der Waals surface area (Å²) in [6.07, 6.45) is 3.01. The lowest BCUT2D eigenvalue weighted by Crippen LogP contribution is -2.44. The number of ether oxygens (including phenoxy) is 1. The van der Waals surface area contributed by atoms with Gasteiger partial charge in [-0.2, -0.15) is 0 Å². The van der Waals surface area contributed by atoms with Crippen molar-refractivity contribution >= 4 is 6.03 Å². The Morgan fingerprint density at radius 3 is 2.73 bits per heavy atom. The molecule has 22 heavy (non-hydrogen) atoms. The predicted molar refractivity (Wildman–Crippen MR) is 83.8 cm³/mol. The fourth-order valence-corrected chi connectivity index (χ4v) is 3.86. The Kier molecular flexibility index (Phi) is 4.25. The lowest BCUT2D eigenvalue weighted by molar-refractivity contribution is 0.167. The summed E-state index contributed by atoms with van der Waals surface area (Å²) in [5.41, 5.74) is 1.06. The molecule has 2 saturated heterocycles. The van der Waals surface area contributed by atoms with Crippen LogP contribution in [0.3, 0.4) is 0 Å². The number of carbonyl (C=O) groups excluding carboxylic acids is 1. The van der Waals surface area contributed by atoms with Crippen molar-refractivity contribution in [2.45, 2.75) is 44.3 Å². The predicted octanol–water partition coefficient (Wildman–Crippen LogP) is 2.31. The van der Waals surface area contributed by atoms with Gasteiger partial charge in [0, 0.05) is 24.6 Å². The topological polar surface area (TPSA) is 61.8 Å². The summed E-state index contributed by atoms with van der Waals surface area (Å²) in [6.45, 7) is 2.17. The molecule has 2 aliphatic rings. The molecule has 4 unspecified atom stereocenters. The van der Waals surface area contributed by atoms with Gasteiger partial charge in [-0.15, -0.1) is 0 Å². The van der Waals surface area contributed by atoms with Crippen molar-refractivity contribution in [2.75, 3.05) is 13.7 Å². The summed E-state index contributed by atoms with van der Waals surface area (Å²) >= 11 is 0. The second kappa shape index (κ2) is 6.16. The minimum absolute atomic E-state index is 0.00762. The number of aliphatic hydroxyl groups excluding tert-OH is 1. The molecule has 0 saturated carbocycles. The molecule has 0 radical (unpaired) electrons. The van der Waals surface area contributed by atoms with E-state index in [9.17, 15) is 9.90 Å². The molecule has 0 aromatic heterocycles. The molecule has 0 aliphatic carbocycles. The minimum atomic E-state index is -0.0500. The van der Waals surface area contributed by atoms with Gasteiger partial charge in [-0.25, -0.2) is 4.79 Å². The zero-order chi connectivity index (χ0) is 15.7. The van der Waals surface area contributed by atoms with E-state index in [-0.39, 0.29) is 30.6 Å². The van der Waals surface area contributed by atoms with Crippen LogP contribution in [0.15, 0.2) is 24.3 Å². The molecule has 120 valence electrons.